The van der Waals surface area contributed by atoms with E-state index in [-0.39, 0.29) is 18.1 Å². The molecular weight excluding hydrogens is 261 g/mol. The third kappa shape index (κ3) is 2.38. The Morgan fingerprint density at radius 3 is 2.50 bits per heavy atom. The van der Waals surface area contributed by atoms with Crippen LogP contribution in [0.15, 0.2) is 0 Å². The number of halogens is 1. The number of hydrogen-bond acceptors (Lipinski definition) is 3. The van der Waals surface area contributed by atoms with Crippen LogP contribution in [0.25, 0.3) is 0 Å². The third-order valence-corrected chi connectivity index (χ3v) is 5.91. The smallest absolute Gasteiger partial charge is 0.341 e. The number of carboxylic acids is 1. The molecule has 2 saturated carbocycles. The van der Waals surface area contributed by atoms with Crippen molar-refractivity contribution in [2.45, 2.75) is 56.0 Å². The maximum absolute atomic E-state index is 14.3. The second-order valence-electron chi connectivity index (χ2n) is 5.27. The lowest BCUT2D eigenvalue weighted by Gasteiger charge is -2.20. The summed E-state index contributed by atoms with van der Waals surface area (Å²) in [5, 5.41) is 8.60. The zero-order valence-electron chi connectivity index (χ0n) is 10.2. The van der Waals surface area contributed by atoms with E-state index >= 15 is 0 Å². The summed E-state index contributed by atoms with van der Waals surface area (Å²) in [4.78, 5) is 11.0. The largest absolute Gasteiger partial charge is 0.479 e. The predicted octanol–water partition coefficient (Wildman–Crippen LogP) is 1.05. The molecule has 5 nitrogen and oxygen atoms in total. The van der Waals surface area contributed by atoms with Crippen molar-refractivity contribution in [3.05, 3.63) is 0 Å². The molecule has 3 atom stereocenters. The second kappa shape index (κ2) is 4.45. The number of carboxylic acid groups (broad SMARTS) is 1. The molecule has 0 saturated heterocycles. The fraction of sp³-hybridized carbons (Fsp3) is 0.909. The molecule has 0 radical (unpaired) electrons. The predicted molar refractivity (Wildman–Crippen MR) is 63.4 cm³/mol. The maximum Gasteiger partial charge on any atom is 0.341 e. The highest BCUT2D eigenvalue weighted by atomic mass is 32.2. The first kappa shape index (κ1) is 13.7. The van der Waals surface area contributed by atoms with Crippen LogP contribution in [0, 0.1) is 5.92 Å². The van der Waals surface area contributed by atoms with Gasteiger partial charge < -0.3 is 5.11 Å². The highest BCUT2D eigenvalue weighted by Gasteiger charge is 2.54. The number of sulfonamides is 1. The van der Waals surface area contributed by atoms with Gasteiger partial charge in [0.05, 0.1) is 5.25 Å². The molecule has 0 aromatic carbocycles. The summed E-state index contributed by atoms with van der Waals surface area (Å²) in [5.74, 6) is -2.11. The quantitative estimate of drug-likeness (QED) is 0.788. The number of nitrogens with one attached hydrogen (secondary N) is 1. The summed E-state index contributed by atoms with van der Waals surface area (Å²) < 4.78 is 40.3. The summed E-state index contributed by atoms with van der Waals surface area (Å²) in [5.41, 5.74) is -2.30. The van der Waals surface area contributed by atoms with Gasteiger partial charge in [0.1, 0.15) is 0 Å². The molecule has 0 aromatic rings. The SMILES string of the molecule is CCC1CC(NS(=O)(=O)C2CC2)CC1(F)C(=O)O. The molecule has 2 fully saturated rings. The van der Waals surface area contributed by atoms with Crippen LogP contribution in [0.4, 0.5) is 4.39 Å². The number of rotatable bonds is 5. The molecule has 2 aliphatic rings. The highest BCUT2D eigenvalue weighted by Crippen LogP contribution is 2.42. The summed E-state index contributed by atoms with van der Waals surface area (Å²) in [6.45, 7) is 1.72. The van der Waals surface area contributed by atoms with E-state index in [1.807, 2.05) is 0 Å². The zero-order chi connectivity index (χ0) is 13.6. The van der Waals surface area contributed by atoms with Crippen molar-refractivity contribution >= 4 is 16.0 Å². The van der Waals surface area contributed by atoms with E-state index in [1.165, 1.54) is 0 Å². The van der Waals surface area contributed by atoms with Crippen LogP contribution in [0.3, 0.4) is 0 Å². The molecule has 0 aliphatic heterocycles. The molecular formula is C11H18FNO4S. The fourth-order valence-corrected chi connectivity index (χ4v) is 4.28. The standard InChI is InChI=1S/C11H18FNO4S/c1-2-7-5-8(6-11(7,12)10(14)15)13-18(16,17)9-3-4-9/h7-9,13H,2-6H2,1H3,(H,14,15). The highest BCUT2D eigenvalue weighted by molar-refractivity contribution is 7.90. The number of aliphatic carboxylic acids is 1. The molecule has 0 aromatic heterocycles. The van der Waals surface area contributed by atoms with E-state index in [1.54, 1.807) is 6.92 Å². The van der Waals surface area contributed by atoms with Crippen LogP contribution in [0.1, 0.15) is 39.0 Å². The van der Waals surface area contributed by atoms with Crippen LogP contribution in [-0.4, -0.2) is 36.5 Å². The molecule has 7 heteroatoms. The third-order valence-electron chi connectivity index (χ3n) is 3.90. The minimum absolute atomic E-state index is 0.255. The van der Waals surface area contributed by atoms with Gasteiger partial charge in [-0.25, -0.2) is 22.3 Å². The minimum Gasteiger partial charge on any atom is -0.479 e. The average Bonchev–Trinajstić information content (AvgIpc) is 3.05. The zero-order valence-corrected chi connectivity index (χ0v) is 11.0. The molecule has 104 valence electrons. The lowest BCUT2D eigenvalue weighted by Crippen LogP contribution is -2.40. The summed E-state index contributed by atoms with van der Waals surface area (Å²) in [6, 6.07) is -0.596. The van der Waals surface area contributed by atoms with Gasteiger partial charge in [-0.3, -0.25) is 0 Å². The van der Waals surface area contributed by atoms with Crippen LogP contribution < -0.4 is 4.72 Å². The van der Waals surface area contributed by atoms with Gasteiger partial charge in [0.2, 0.25) is 15.7 Å². The monoisotopic (exact) mass is 279 g/mol. The summed E-state index contributed by atoms with van der Waals surface area (Å²) in [6.07, 6.45) is 1.65. The first-order valence-corrected chi connectivity index (χ1v) is 7.77. The molecule has 2 rings (SSSR count). The fourth-order valence-electron chi connectivity index (χ4n) is 2.69. The lowest BCUT2D eigenvalue weighted by molar-refractivity contribution is -0.153. The van der Waals surface area contributed by atoms with Crippen LogP contribution in [0.5, 0.6) is 0 Å². The molecule has 0 heterocycles. The Labute approximate surface area is 106 Å². The van der Waals surface area contributed by atoms with Crippen LogP contribution in [-0.2, 0) is 14.8 Å². The molecule has 3 unspecified atom stereocenters. The molecule has 2 aliphatic carbocycles. The first-order chi connectivity index (χ1) is 8.29. The molecule has 18 heavy (non-hydrogen) atoms. The minimum atomic E-state index is -3.39. The molecule has 0 bridgehead atoms. The van der Waals surface area contributed by atoms with Crippen molar-refractivity contribution < 1.29 is 22.7 Å². The Bertz CT molecular complexity index is 448. The van der Waals surface area contributed by atoms with Gasteiger partial charge in [0.15, 0.2) is 0 Å². The van der Waals surface area contributed by atoms with E-state index in [2.05, 4.69) is 4.72 Å². The van der Waals surface area contributed by atoms with Crippen LogP contribution in [0.2, 0.25) is 0 Å². The van der Waals surface area contributed by atoms with Gasteiger partial charge in [-0.1, -0.05) is 6.92 Å². The Morgan fingerprint density at radius 1 is 1.50 bits per heavy atom. The number of carbonyl (C=O) groups is 1. The van der Waals surface area contributed by atoms with E-state index in [9.17, 15) is 17.6 Å². The van der Waals surface area contributed by atoms with Crippen molar-refractivity contribution in [3.63, 3.8) is 0 Å². The van der Waals surface area contributed by atoms with Gasteiger partial charge in [-0.15, -0.1) is 0 Å². The first-order valence-electron chi connectivity index (χ1n) is 6.23. The number of alkyl halides is 1. The topological polar surface area (TPSA) is 83.5 Å². The summed E-state index contributed by atoms with van der Waals surface area (Å²) >= 11 is 0. The Balaban J connectivity index is 2.07. The average molecular weight is 279 g/mol. The lowest BCUT2D eigenvalue weighted by atomic mass is 9.91. The van der Waals surface area contributed by atoms with Gasteiger partial charge >= 0.3 is 5.97 Å². The van der Waals surface area contributed by atoms with Crippen molar-refractivity contribution in [1.82, 2.24) is 4.72 Å². The van der Waals surface area contributed by atoms with E-state index < -0.39 is 33.6 Å². The van der Waals surface area contributed by atoms with Gasteiger partial charge in [0.25, 0.3) is 0 Å². The van der Waals surface area contributed by atoms with Gasteiger partial charge in [-0.05, 0) is 25.7 Å². The molecule has 0 spiro atoms. The van der Waals surface area contributed by atoms with Crippen molar-refractivity contribution in [2.24, 2.45) is 5.92 Å². The van der Waals surface area contributed by atoms with Crippen LogP contribution >= 0.6 is 0 Å². The van der Waals surface area contributed by atoms with Crippen molar-refractivity contribution in [1.29, 1.82) is 0 Å². The van der Waals surface area contributed by atoms with E-state index in [0.717, 1.165) is 0 Å². The Hall–Kier alpha value is -0.690. The second-order valence-corrected chi connectivity index (χ2v) is 7.26. The van der Waals surface area contributed by atoms with Crippen molar-refractivity contribution in [2.75, 3.05) is 0 Å². The van der Waals surface area contributed by atoms with E-state index in [0.29, 0.717) is 19.3 Å². The Morgan fingerprint density at radius 2 is 2.11 bits per heavy atom. The number of hydrogen-bond donors (Lipinski definition) is 2. The van der Waals surface area contributed by atoms with Crippen molar-refractivity contribution in [3.8, 4) is 0 Å². The van der Waals surface area contributed by atoms with E-state index in [4.69, 9.17) is 5.11 Å². The molecule has 0 amide bonds. The Kier molecular flexibility index (Phi) is 3.40. The van der Waals surface area contributed by atoms with Gasteiger partial charge in [0, 0.05) is 18.4 Å². The summed E-state index contributed by atoms with van der Waals surface area (Å²) in [7, 11) is -3.39. The van der Waals surface area contributed by atoms with Gasteiger partial charge in [-0.2, -0.15) is 0 Å². The maximum atomic E-state index is 14.3. The molecule has 2 N–H and O–H groups in total. The normalized spacial score (nSPS) is 36.8.